The maximum atomic E-state index is 12.4. The highest BCUT2D eigenvalue weighted by Crippen LogP contribution is 2.40. The maximum Gasteiger partial charge on any atom is 0.266 e. The first-order chi connectivity index (χ1) is 14.7. The molecule has 2 aromatic carbocycles. The molecule has 5 nitrogen and oxygen atoms in total. The Bertz CT molecular complexity index is 1210. The lowest BCUT2D eigenvalue weighted by atomic mass is 9.97. The number of thiophene rings is 1. The third-order valence-corrected chi connectivity index (χ3v) is 6.40. The Morgan fingerprint density at radius 2 is 1.80 bits per heavy atom. The molecule has 0 unspecified atom stereocenters. The smallest absolute Gasteiger partial charge is 0.266 e. The molecule has 6 heteroatoms. The lowest BCUT2D eigenvalue weighted by Crippen LogP contribution is -2.27. The molecule has 0 fully saturated rings. The highest BCUT2D eigenvalue weighted by atomic mass is 32.1. The normalized spacial score (nSPS) is 11.5. The molecule has 0 aliphatic carbocycles. The zero-order valence-corrected chi connectivity index (χ0v) is 18.3. The molecule has 0 spiro atoms. The molecule has 0 aliphatic heterocycles. The molecule has 156 valence electrons. The van der Waals surface area contributed by atoms with E-state index in [9.17, 15) is 4.79 Å². The number of hydrogen-bond donors (Lipinski definition) is 1. The minimum Gasteiger partial charge on any atom is -0.496 e. The summed E-state index contributed by atoms with van der Waals surface area (Å²) in [5, 5.41) is 3.91. The van der Waals surface area contributed by atoms with E-state index in [-0.39, 0.29) is 5.56 Å². The van der Waals surface area contributed by atoms with E-state index in [1.807, 2.05) is 47.8 Å². The summed E-state index contributed by atoms with van der Waals surface area (Å²) in [6, 6.07) is 13.9. The number of nitrogens with zero attached hydrogens (tertiary/aromatic N) is 1. The lowest BCUT2D eigenvalue weighted by molar-refractivity contribution is 0.223. The third-order valence-electron chi connectivity index (χ3n) is 5.49. The second-order valence-electron chi connectivity index (χ2n) is 7.08. The second kappa shape index (κ2) is 8.90. The number of fused-ring (bicyclic) bond motifs is 3. The molecule has 0 bridgehead atoms. The summed E-state index contributed by atoms with van der Waals surface area (Å²) >= 11 is 1.46. The molecule has 4 rings (SSSR count). The summed E-state index contributed by atoms with van der Waals surface area (Å²) in [5.41, 5.74) is 2.75. The van der Waals surface area contributed by atoms with Gasteiger partial charge in [0.25, 0.3) is 5.56 Å². The van der Waals surface area contributed by atoms with Gasteiger partial charge in [0.15, 0.2) is 0 Å². The topological polar surface area (TPSA) is 54.6 Å². The number of aromatic nitrogens is 1. The fraction of sp³-hybridized carbons (Fsp3) is 0.292. The highest BCUT2D eigenvalue weighted by molar-refractivity contribution is 7.17. The second-order valence-corrected chi connectivity index (χ2v) is 8.00. The number of rotatable bonds is 8. The average molecular weight is 423 g/mol. The van der Waals surface area contributed by atoms with E-state index in [2.05, 4.69) is 23.7 Å². The molecule has 0 radical (unpaired) electrons. The Morgan fingerprint density at radius 1 is 1.03 bits per heavy atom. The van der Waals surface area contributed by atoms with Gasteiger partial charge in [-0.2, -0.15) is 0 Å². The van der Waals surface area contributed by atoms with Gasteiger partial charge in [-0.05, 0) is 54.4 Å². The summed E-state index contributed by atoms with van der Waals surface area (Å²) in [6.45, 7) is 7.95. The molecule has 2 aromatic heterocycles. The van der Waals surface area contributed by atoms with Crippen LogP contribution in [0.4, 0.5) is 0 Å². The van der Waals surface area contributed by atoms with Crippen LogP contribution in [0.2, 0.25) is 0 Å². The van der Waals surface area contributed by atoms with Crippen molar-refractivity contribution in [1.82, 2.24) is 9.88 Å². The molecule has 0 aliphatic rings. The first kappa shape index (κ1) is 20.4. The van der Waals surface area contributed by atoms with Gasteiger partial charge in [0.1, 0.15) is 22.8 Å². The Balaban J connectivity index is 1.72. The number of likely N-dealkylation sites (N-methyl/N-ethyl adjacent to an activating group) is 1. The molecule has 0 atom stereocenters. The van der Waals surface area contributed by atoms with Crippen molar-refractivity contribution >= 4 is 32.3 Å². The predicted octanol–water partition coefficient (Wildman–Crippen LogP) is 5.14. The molecule has 30 heavy (non-hydrogen) atoms. The van der Waals surface area contributed by atoms with Crippen molar-refractivity contribution in [3.63, 3.8) is 0 Å². The molecular formula is C24H26N2O3S. The standard InChI is InChI=1S/C24H26N2O3S/c1-4-26(5-2)13-14-29-17-8-6-16(7-9-17)21-20(28-3)11-10-19-22(21)18-12-15-30-23(18)24(27)25-19/h6-12,15H,4-5,13-14H2,1-3H3,(H,25,27). The van der Waals surface area contributed by atoms with Crippen molar-refractivity contribution in [3.05, 3.63) is 58.2 Å². The zero-order valence-electron chi connectivity index (χ0n) is 17.5. The number of H-pyrrole nitrogens is 1. The average Bonchev–Trinajstić information content (AvgIpc) is 3.27. The van der Waals surface area contributed by atoms with Crippen LogP contribution in [0.3, 0.4) is 0 Å². The molecule has 1 N–H and O–H groups in total. The van der Waals surface area contributed by atoms with Crippen molar-refractivity contribution in [2.75, 3.05) is 33.4 Å². The van der Waals surface area contributed by atoms with E-state index in [0.717, 1.165) is 63.2 Å². The Kier molecular flexibility index (Phi) is 6.06. The molecule has 2 heterocycles. The first-order valence-corrected chi connectivity index (χ1v) is 11.1. The van der Waals surface area contributed by atoms with Crippen LogP contribution < -0.4 is 15.0 Å². The number of benzene rings is 2. The lowest BCUT2D eigenvalue weighted by Gasteiger charge is -2.18. The van der Waals surface area contributed by atoms with Crippen LogP contribution in [0.5, 0.6) is 11.5 Å². The van der Waals surface area contributed by atoms with Crippen molar-refractivity contribution in [2.45, 2.75) is 13.8 Å². The zero-order chi connectivity index (χ0) is 21.1. The largest absolute Gasteiger partial charge is 0.496 e. The SMILES string of the molecule is CCN(CC)CCOc1ccc(-c2c(OC)ccc3[nH]c(=O)c4sccc4c23)cc1. The fourth-order valence-corrected chi connectivity index (χ4v) is 4.63. The van der Waals surface area contributed by atoms with E-state index in [4.69, 9.17) is 9.47 Å². The Morgan fingerprint density at radius 3 is 2.50 bits per heavy atom. The number of nitrogens with one attached hydrogen (secondary N) is 1. The van der Waals surface area contributed by atoms with Crippen LogP contribution in [-0.2, 0) is 0 Å². The van der Waals surface area contributed by atoms with E-state index in [1.54, 1.807) is 7.11 Å². The van der Waals surface area contributed by atoms with Gasteiger partial charge in [0, 0.05) is 28.4 Å². The van der Waals surface area contributed by atoms with Gasteiger partial charge in [-0.15, -0.1) is 11.3 Å². The monoisotopic (exact) mass is 422 g/mol. The molecule has 0 saturated carbocycles. The predicted molar refractivity (Wildman–Crippen MR) is 125 cm³/mol. The van der Waals surface area contributed by atoms with Crippen LogP contribution in [0, 0.1) is 0 Å². The summed E-state index contributed by atoms with van der Waals surface area (Å²) in [5.74, 6) is 1.62. The minimum absolute atomic E-state index is 0.0550. The van der Waals surface area contributed by atoms with Gasteiger partial charge in [0.2, 0.25) is 0 Å². The van der Waals surface area contributed by atoms with Crippen LogP contribution in [0.15, 0.2) is 52.6 Å². The van der Waals surface area contributed by atoms with Crippen molar-refractivity contribution in [1.29, 1.82) is 0 Å². The van der Waals surface area contributed by atoms with E-state index >= 15 is 0 Å². The van der Waals surface area contributed by atoms with Crippen molar-refractivity contribution in [2.24, 2.45) is 0 Å². The van der Waals surface area contributed by atoms with Crippen LogP contribution >= 0.6 is 11.3 Å². The highest BCUT2D eigenvalue weighted by Gasteiger charge is 2.16. The summed E-state index contributed by atoms with van der Waals surface area (Å²) < 4.78 is 12.3. The minimum atomic E-state index is -0.0550. The van der Waals surface area contributed by atoms with Gasteiger partial charge in [-0.3, -0.25) is 4.79 Å². The molecule has 4 aromatic rings. The summed E-state index contributed by atoms with van der Waals surface area (Å²) in [4.78, 5) is 17.7. The van der Waals surface area contributed by atoms with Gasteiger partial charge >= 0.3 is 0 Å². The van der Waals surface area contributed by atoms with Crippen LogP contribution in [-0.4, -0.2) is 43.2 Å². The Hall–Kier alpha value is -2.83. The fourth-order valence-electron chi connectivity index (χ4n) is 3.84. The van der Waals surface area contributed by atoms with Crippen LogP contribution in [0.25, 0.3) is 32.1 Å². The van der Waals surface area contributed by atoms with Crippen molar-refractivity contribution < 1.29 is 9.47 Å². The van der Waals surface area contributed by atoms with Gasteiger partial charge < -0.3 is 19.4 Å². The number of aromatic amines is 1. The van der Waals surface area contributed by atoms with Gasteiger partial charge in [-0.1, -0.05) is 26.0 Å². The number of ether oxygens (including phenoxy) is 2. The molecular weight excluding hydrogens is 396 g/mol. The quantitative estimate of drug-likeness (QED) is 0.427. The number of pyridine rings is 1. The van der Waals surface area contributed by atoms with E-state index in [0.29, 0.717) is 6.61 Å². The molecule has 0 amide bonds. The number of methoxy groups -OCH3 is 1. The van der Waals surface area contributed by atoms with Gasteiger partial charge in [0.05, 0.1) is 7.11 Å². The van der Waals surface area contributed by atoms with Crippen molar-refractivity contribution in [3.8, 4) is 22.6 Å². The summed E-state index contributed by atoms with van der Waals surface area (Å²) in [7, 11) is 1.67. The van der Waals surface area contributed by atoms with Crippen LogP contribution in [0.1, 0.15) is 13.8 Å². The third kappa shape index (κ3) is 3.80. The maximum absolute atomic E-state index is 12.4. The van der Waals surface area contributed by atoms with E-state index < -0.39 is 0 Å². The number of hydrogen-bond acceptors (Lipinski definition) is 5. The first-order valence-electron chi connectivity index (χ1n) is 10.2. The molecule has 0 saturated heterocycles. The van der Waals surface area contributed by atoms with Gasteiger partial charge in [-0.25, -0.2) is 0 Å². The van der Waals surface area contributed by atoms with E-state index in [1.165, 1.54) is 11.3 Å². The summed E-state index contributed by atoms with van der Waals surface area (Å²) in [6.07, 6.45) is 0. The Labute approximate surface area is 179 Å².